The molecule has 5 aromatic rings. The number of para-hydroxylation sites is 1. The Balaban J connectivity index is 0.881. The van der Waals surface area contributed by atoms with Crippen molar-refractivity contribution in [1.82, 2.24) is 0 Å². The maximum atomic E-state index is 6.92. The van der Waals surface area contributed by atoms with Gasteiger partial charge in [-0.3, -0.25) is 0 Å². The number of benzene rings is 4. The Morgan fingerprint density at radius 1 is 0.742 bits per heavy atom. The monoisotopic (exact) mass is 865 g/mol. The number of aryl methyl sites for hydroxylation is 1. The fraction of sp³-hybridized carbons (Fsp3) is 0.302. The van der Waals surface area contributed by atoms with E-state index in [1.54, 1.807) is 5.57 Å². The quantitative estimate of drug-likeness (QED) is 0.132. The van der Waals surface area contributed by atoms with E-state index in [1.807, 2.05) is 0 Å². The number of hydrogen-bond acceptors (Lipinski definition) is 3. The molecule has 0 saturated carbocycles. The lowest BCUT2D eigenvalue weighted by atomic mass is 9.84. The minimum atomic E-state index is 0.128. The molecule has 5 unspecified atom stereocenters. The first-order valence-corrected chi connectivity index (χ1v) is 24.9. The molecule has 4 aromatic carbocycles. The molecule has 3 nitrogen and oxygen atoms in total. The Bertz CT molecular complexity index is 2900. The van der Waals surface area contributed by atoms with Gasteiger partial charge in [0.2, 0.25) is 0 Å². The maximum Gasteiger partial charge on any atom is 0.134 e. The summed E-state index contributed by atoms with van der Waals surface area (Å²) in [5.41, 5.74) is 19.2. The van der Waals surface area contributed by atoms with Gasteiger partial charge in [-0.05, 0) is 176 Å². The molecule has 0 fully saturated rings. The van der Waals surface area contributed by atoms with E-state index >= 15 is 0 Å². The lowest BCUT2D eigenvalue weighted by Gasteiger charge is -2.40. The van der Waals surface area contributed by atoms with E-state index in [2.05, 4.69) is 190 Å². The zero-order chi connectivity index (χ0) is 44.6. The summed E-state index contributed by atoms with van der Waals surface area (Å²) >= 11 is 0. The third kappa shape index (κ3) is 8.50. The molecule has 3 heteroatoms. The Labute approximate surface area is 392 Å². The Morgan fingerprint density at radius 2 is 1.58 bits per heavy atom. The van der Waals surface area contributed by atoms with Gasteiger partial charge in [0.25, 0.3) is 0 Å². The zero-order valence-corrected chi connectivity index (χ0v) is 39.0. The Hall–Kier alpha value is -6.32. The van der Waals surface area contributed by atoms with E-state index in [4.69, 9.17) is 9.15 Å². The van der Waals surface area contributed by atoms with Gasteiger partial charge in [0.15, 0.2) is 0 Å². The molecule has 6 aliphatic rings. The van der Waals surface area contributed by atoms with E-state index < -0.39 is 0 Å². The van der Waals surface area contributed by atoms with Gasteiger partial charge in [-0.25, -0.2) is 0 Å². The van der Waals surface area contributed by atoms with Crippen molar-refractivity contribution in [2.75, 3.05) is 4.90 Å². The molecule has 1 aliphatic heterocycles. The molecule has 1 aromatic heterocycles. The smallest absolute Gasteiger partial charge is 0.134 e. The van der Waals surface area contributed by atoms with Crippen LogP contribution in [0.15, 0.2) is 196 Å². The molecule has 0 spiro atoms. The van der Waals surface area contributed by atoms with Crippen LogP contribution in [-0.4, -0.2) is 12.1 Å². The molecule has 332 valence electrons. The number of nitrogens with zero attached hydrogens (tertiary/aromatic N) is 1. The van der Waals surface area contributed by atoms with Crippen LogP contribution in [0.1, 0.15) is 112 Å². The molecule has 66 heavy (non-hydrogen) atoms. The van der Waals surface area contributed by atoms with Gasteiger partial charge in [0.1, 0.15) is 23.2 Å². The lowest BCUT2D eigenvalue weighted by Crippen LogP contribution is -2.38. The predicted molar refractivity (Wildman–Crippen MR) is 276 cm³/mol. The highest BCUT2D eigenvalue weighted by molar-refractivity contribution is 5.83. The van der Waals surface area contributed by atoms with E-state index in [-0.39, 0.29) is 6.10 Å². The van der Waals surface area contributed by atoms with Gasteiger partial charge < -0.3 is 14.1 Å². The summed E-state index contributed by atoms with van der Waals surface area (Å²) in [5, 5.41) is 1.16. The highest BCUT2D eigenvalue weighted by atomic mass is 16.5. The highest BCUT2D eigenvalue weighted by Crippen LogP contribution is 2.48. The first-order chi connectivity index (χ1) is 32.4. The van der Waals surface area contributed by atoms with Gasteiger partial charge in [-0.1, -0.05) is 147 Å². The summed E-state index contributed by atoms with van der Waals surface area (Å²) in [6, 6.07) is 40.4. The van der Waals surface area contributed by atoms with E-state index in [0.29, 0.717) is 23.8 Å². The first-order valence-electron chi connectivity index (χ1n) is 24.9. The van der Waals surface area contributed by atoms with Crippen molar-refractivity contribution in [2.24, 2.45) is 17.8 Å². The van der Waals surface area contributed by atoms with Crippen LogP contribution in [0.25, 0.3) is 33.3 Å². The number of allylic oxidation sites excluding steroid dienone is 13. The fourth-order valence-electron chi connectivity index (χ4n) is 12.0. The zero-order valence-electron chi connectivity index (χ0n) is 39.0. The van der Waals surface area contributed by atoms with Crippen molar-refractivity contribution in [2.45, 2.75) is 104 Å². The summed E-state index contributed by atoms with van der Waals surface area (Å²) in [4.78, 5) is 2.71. The Kier molecular flexibility index (Phi) is 11.9. The van der Waals surface area contributed by atoms with Crippen molar-refractivity contribution < 1.29 is 9.15 Å². The molecule has 0 N–H and O–H groups in total. The standard InChI is InChI=1S/C63H63NO2/c1-42-36-45(17-13-26-57-55(54-23-9-7-16-43(54)2)25-15-27-58-56-24-10-12-29-61(56)66-63(57)58)39-51(37-42)48-21-14-22-53(40-48)64(52-33-30-47(31-34-52)46-18-5-4-6-19-46)59-35-32-50(38-44(59)3)62-41-49-20-8-11-28-60(49)65-62/h4-12,14,16,18-24,28-30,32,35,37,39-42,44,52,56,61H,13,15,17,25-27,31,33-34,36,38H2,1-3H3. The highest BCUT2D eigenvalue weighted by Gasteiger charge is 2.38. The second-order valence-corrected chi connectivity index (χ2v) is 19.8. The summed E-state index contributed by atoms with van der Waals surface area (Å²) in [6.07, 6.45) is 33.3. The topological polar surface area (TPSA) is 25.6 Å². The lowest BCUT2D eigenvalue weighted by molar-refractivity contribution is 0.169. The number of fused-ring (bicyclic) bond motifs is 3. The third-order valence-corrected chi connectivity index (χ3v) is 15.2. The number of hydrogen-bond donors (Lipinski definition) is 0. The molecule has 0 bridgehead atoms. The van der Waals surface area contributed by atoms with Gasteiger partial charge in [0, 0.05) is 34.6 Å². The summed E-state index contributed by atoms with van der Waals surface area (Å²) < 4.78 is 13.3. The molecule has 2 heterocycles. The molecule has 5 atom stereocenters. The van der Waals surface area contributed by atoms with Crippen molar-refractivity contribution in [3.05, 3.63) is 220 Å². The van der Waals surface area contributed by atoms with E-state index in [1.165, 1.54) is 79.3 Å². The van der Waals surface area contributed by atoms with Crippen LogP contribution in [0.3, 0.4) is 0 Å². The normalized spacial score (nSPS) is 23.9. The largest absolute Gasteiger partial charge is 0.485 e. The van der Waals surface area contributed by atoms with Gasteiger partial charge in [-0.15, -0.1) is 0 Å². The SMILES string of the molecule is Cc1ccccc1C1=C(CCCC2=CC(c3cccc(N(C4=CC=C(c5cc6ccccc6o5)CC4C)C4CC=C(c5ccccc5)CC4)c3)=CC(C)C2)C2=C(CCC1)C1C=CC=CC1O2. The fourth-order valence-corrected chi connectivity index (χ4v) is 12.0. The summed E-state index contributed by atoms with van der Waals surface area (Å²) in [7, 11) is 0. The first kappa shape index (κ1) is 42.3. The molecular formula is C63H63NO2. The van der Waals surface area contributed by atoms with Crippen LogP contribution < -0.4 is 4.90 Å². The van der Waals surface area contributed by atoms with Crippen molar-refractivity contribution in [3.63, 3.8) is 0 Å². The van der Waals surface area contributed by atoms with Crippen LogP contribution in [0.5, 0.6) is 0 Å². The van der Waals surface area contributed by atoms with Gasteiger partial charge >= 0.3 is 0 Å². The predicted octanol–water partition coefficient (Wildman–Crippen LogP) is 16.7. The number of anilines is 1. The minimum absolute atomic E-state index is 0.128. The van der Waals surface area contributed by atoms with E-state index in [9.17, 15) is 0 Å². The summed E-state index contributed by atoms with van der Waals surface area (Å²) in [5.74, 6) is 3.37. The molecule has 11 rings (SSSR count). The van der Waals surface area contributed by atoms with Crippen LogP contribution in [0.4, 0.5) is 5.69 Å². The van der Waals surface area contributed by atoms with Crippen LogP contribution >= 0.6 is 0 Å². The van der Waals surface area contributed by atoms with Crippen molar-refractivity contribution in [3.8, 4) is 0 Å². The van der Waals surface area contributed by atoms with Crippen LogP contribution in [0, 0.1) is 24.7 Å². The average molecular weight is 866 g/mol. The molecular weight excluding hydrogens is 803 g/mol. The van der Waals surface area contributed by atoms with Crippen LogP contribution in [0.2, 0.25) is 0 Å². The van der Waals surface area contributed by atoms with E-state index in [0.717, 1.165) is 80.9 Å². The third-order valence-electron chi connectivity index (χ3n) is 15.2. The van der Waals surface area contributed by atoms with Crippen molar-refractivity contribution >= 4 is 38.9 Å². The molecule has 0 amide bonds. The molecule has 0 radical (unpaired) electrons. The minimum Gasteiger partial charge on any atom is -0.485 e. The Morgan fingerprint density at radius 3 is 2.42 bits per heavy atom. The average Bonchev–Trinajstić information content (AvgIpc) is 3.90. The second-order valence-electron chi connectivity index (χ2n) is 19.8. The molecule has 5 aliphatic carbocycles. The van der Waals surface area contributed by atoms with Gasteiger partial charge in [-0.2, -0.15) is 0 Å². The second kappa shape index (κ2) is 18.5. The van der Waals surface area contributed by atoms with Crippen LogP contribution in [-0.2, 0) is 4.74 Å². The summed E-state index contributed by atoms with van der Waals surface area (Å²) in [6.45, 7) is 7.08. The molecule has 0 saturated heterocycles. The number of ether oxygens (including phenoxy) is 1. The number of rotatable bonds is 11. The maximum absolute atomic E-state index is 6.92. The van der Waals surface area contributed by atoms with Crippen molar-refractivity contribution in [1.29, 1.82) is 0 Å². The number of furan rings is 1. The van der Waals surface area contributed by atoms with Gasteiger partial charge in [0.05, 0.1) is 0 Å².